The predicted octanol–water partition coefficient (Wildman–Crippen LogP) is 2.57. The average molecular weight is 329 g/mol. The standard InChI is InChI=1S/C17H23N5O2/c1-4-14-18-9-13(10-19-14)17(23)22-7-5-12(6-8-22)16-20-15(11(2)3)21-24-16/h9-12H,4-8H2,1-3H3. The summed E-state index contributed by atoms with van der Waals surface area (Å²) >= 11 is 0. The van der Waals surface area contributed by atoms with Crippen LogP contribution < -0.4 is 0 Å². The molecule has 2 aromatic heterocycles. The molecule has 0 radical (unpaired) electrons. The minimum absolute atomic E-state index is 0.00972. The zero-order chi connectivity index (χ0) is 17.1. The SMILES string of the molecule is CCc1ncc(C(=O)N2CCC(c3nc(C(C)C)no3)CC2)cn1. The van der Waals surface area contributed by atoms with Crippen LogP contribution in [-0.4, -0.2) is 44.0 Å². The van der Waals surface area contributed by atoms with E-state index in [1.54, 1.807) is 12.4 Å². The minimum atomic E-state index is -0.00972. The van der Waals surface area contributed by atoms with E-state index < -0.39 is 0 Å². The molecule has 0 spiro atoms. The number of nitrogens with zero attached hydrogens (tertiary/aromatic N) is 5. The molecule has 1 aliphatic heterocycles. The van der Waals surface area contributed by atoms with Crippen LogP contribution in [0.4, 0.5) is 0 Å². The molecule has 128 valence electrons. The fraction of sp³-hybridized carbons (Fsp3) is 0.588. The third-order valence-electron chi connectivity index (χ3n) is 4.37. The third-order valence-corrected chi connectivity index (χ3v) is 4.37. The number of hydrogen-bond acceptors (Lipinski definition) is 6. The van der Waals surface area contributed by atoms with Crippen molar-refractivity contribution in [2.45, 2.75) is 51.9 Å². The molecule has 1 aliphatic rings. The molecule has 1 amide bonds. The number of piperidine rings is 1. The highest BCUT2D eigenvalue weighted by molar-refractivity contribution is 5.93. The second-order valence-corrected chi connectivity index (χ2v) is 6.45. The third kappa shape index (κ3) is 3.44. The molecule has 1 saturated heterocycles. The maximum absolute atomic E-state index is 12.5. The van der Waals surface area contributed by atoms with Gasteiger partial charge >= 0.3 is 0 Å². The first-order valence-electron chi connectivity index (χ1n) is 8.52. The van der Waals surface area contributed by atoms with E-state index in [1.807, 2.05) is 25.7 Å². The Hall–Kier alpha value is -2.31. The monoisotopic (exact) mass is 329 g/mol. The van der Waals surface area contributed by atoms with Crippen molar-refractivity contribution in [2.75, 3.05) is 13.1 Å². The van der Waals surface area contributed by atoms with Crippen LogP contribution in [0.5, 0.6) is 0 Å². The highest BCUT2D eigenvalue weighted by atomic mass is 16.5. The average Bonchev–Trinajstić information content (AvgIpc) is 3.12. The fourth-order valence-corrected chi connectivity index (χ4v) is 2.81. The molecule has 7 nitrogen and oxygen atoms in total. The number of carbonyl (C=O) groups excluding carboxylic acids is 1. The van der Waals surface area contributed by atoms with E-state index in [2.05, 4.69) is 20.1 Å². The minimum Gasteiger partial charge on any atom is -0.339 e. The maximum atomic E-state index is 12.5. The molecule has 3 rings (SSSR count). The van der Waals surface area contributed by atoms with Crippen LogP contribution in [0, 0.1) is 0 Å². The summed E-state index contributed by atoms with van der Waals surface area (Å²) < 4.78 is 5.39. The molecule has 0 unspecified atom stereocenters. The van der Waals surface area contributed by atoms with Crippen molar-refractivity contribution in [3.05, 3.63) is 35.5 Å². The van der Waals surface area contributed by atoms with E-state index in [1.165, 1.54) is 0 Å². The van der Waals surface area contributed by atoms with Gasteiger partial charge in [0.05, 0.1) is 5.56 Å². The Balaban J connectivity index is 1.60. The summed E-state index contributed by atoms with van der Waals surface area (Å²) in [4.78, 5) is 27.3. The Morgan fingerprint density at radius 3 is 2.50 bits per heavy atom. The van der Waals surface area contributed by atoms with Gasteiger partial charge in [-0.2, -0.15) is 4.98 Å². The Morgan fingerprint density at radius 2 is 1.96 bits per heavy atom. The van der Waals surface area contributed by atoms with Crippen molar-refractivity contribution < 1.29 is 9.32 Å². The van der Waals surface area contributed by atoms with Crippen LogP contribution >= 0.6 is 0 Å². The molecule has 0 aromatic carbocycles. The van der Waals surface area contributed by atoms with Gasteiger partial charge in [-0.1, -0.05) is 25.9 Å². The number of likely N-dealkylation sites (tertiary alicyclic amines) is 1. The number of amides is 1. The summed E-state index contributed by atoms with van der Waals surface area (Å²) in [5.41, 5.74) is 0.547. The molecular weight excluding hydrogens is 306 g/mol. The number of carbonyl (C=O) groups is 1. The molecule has 0 bridgehead atoms. The van der Waals surface area contributed by atoms with E-state index in [0.29, 0.717) is 24.5 Å². The van der Waals surface area contributed by atoms with Crippen LogP contribution in [0.3, 0.4) is 0 Å². The second-order valence-electron chi connectivity index (χ2n) is 6.45. The fourth-order valence-electron chi connectivity index (χ4n) is 2.81. The summed E-state index contributed by atoms with van der Waals surface area (Å²) in [6.07, 6.45) is 5.67. The summed E-state index contributed by atoms with van der Waals surface area (Å²) in [6.45, 7) is 7.43. The summed E-state index contributed by atoms with van der Waals surface area (Å²) in [5.74, 6) is 2.67. The van der Waals surface area contributed by atoms with Gasteiger partial charge in [0.2, 0.25) is 5.89 Å². The zero-order valence-corrected chi connectivity index (χ0v) is 14.4. The maximum Gasteiger partial charge on any atom is 0.256 e. The molecule has 1 fully saturated rings. The highest BCUT2D eigenvalue weighted by Gasteiger charge is 2.28. The van der Waals surface area contributed by atoms with Crippen molar-refractivity contribution in [2.24, 2.45) is 0 Å². The van der Waals surface area contributed by atoms with Gasteiger partial charge in [0.15, 0.2) is 5.82 Å². The smallest absolute Gasteiger partial charge is 0.256 e. The first-order valence-corrected chi connectivity index (χ1v) is 8.52. The van der Waals surface area contributed by atoms with E-state index in [4.69, 9.17) is 4.52 Å². The second kappa shape index (κ2) is 7.07. The molecule has 0 saturated carbocycles. The van der Waals surface area contributed by atoms with Crippen molar-refractivity contribution in [3.8, 4) is 0 Å². The van der Waals surface area contributed by atoms with Crippen LogP contribution in [0.15, 0.2) is 16.9 Å². The summed E-state index contributed by atoms with van der Waals surface area (Å²) in [5, 5.41) is 4.03. The first-order chi connectivity index (χ1) is 11.6. The van der Waals surface area contributed by atoms with E-state index in [0.717, 1.165) is 30.9 Å². The van der Waals surface area contributed by atoms with Crippen LogP contribution in [0.1, 0.15) is 73.3 Å². The van der Waals surface area contributed by atoms with Crippen LogP contribution in [0.25, 0.3) is 0 Å². The van der Waals surface area contributed by atoms with Gasteiger partial charge < -0.3 is 9.42 Å². The number of aromatic nitrogens is 4. The lowest BCUT2D eigenvalue weighted by atomic mass is 9.96. The van der Waals surface area contributed by atoms with E-state index >= 15 is 0 Å². The molecular formula is C17H23N5O2. The van der Waals surface area contributed by atoms with E-state index in [-0.39, 0.29) is 17.7 Å². The predicted molar refractivity (Wildman–Crippen MR) is 87.7 cm³/mol. The van der Waals surface area contributed by atoms with Gasteiger partial charge in [0.25, 0.3) is 5.91 Å². The van der Waals surface area contributed by atoms with Crippen LogP contribution in [-0.2, 0) is 6.42 Å². The zero-order valence-electron chi connectivity index (χ0n) is 14.4. The lowest BCUT2D eigenvalue weighted by Gasteiger charge is -2.30. The first kappa shape index (κ1) is 16.5. The van der Waals surface area contributed by atoms with Crippen molar-refractivity contribution in [1.82, 2.24) is 25.0 Å². The Kier molecular flexibility index (Phi) is 4.87. The van der Waals surface area contributed by atoms with Gasteiger partial charge in [0, 0.05) is 43.7 Å². The number of rotatable bonds is 4. The Morgan fingerprint density at radius 1 is 1.29 bits per heavy atom. The molecule has 0 atom stereocenters. The van der Waals surface area contributed by atoms with Crippen molar-refractivity contribution in [3.63, 3.8) is 0 Å². The number of aryl methyl sites for hydroxylation is 1. The van der Waals surface area contributed by atoms with Crippen molar-refractivity contribution >= 4 is 5.91 Å². The van der Waals surface area contributed by atoms with Gasteiger partial charge in [-0.25, -0.2) is 9.97 Å². The topological polar surface area (TPSA) is 85.0 Å². The lowest BCUT2D eigenvalue weighted by molar-refractivity contribution is 0.0703. The Labute approximate surface area is 141 Å². The van der Waals surface area contributed by atoms with Gasteiger partial charge in [0.1, 0.15) is 5.82 Å². The molecule has 7 heteroatoms. The largest absolute Gasteiger partial charge is 0.339 e. The normalized spacial score (nSPS) is 15.9. The molecule has 3 heterocycles. The highest BCUT2D eigenvalue weighted by Crippen LogP contribution is 2.28. The van der Waals surface area contributed by atoms with Crippen LogP contribution in [0.2, 0.25) is 0 Å². The van der Waals surface area contributed by atoms with Crippen molar-refractivity contribution in [1.29, 1.82) is 0 Å². The molecule has 2 aromatic rings. The van der Waals surface area contributed by atoms with Gasteiger partial charge in [-0.3, -0.25) is 4.79 Å². The lowest BCUT2D eigenvalue weighted by Crippen LogP contribution is -2.38. The Bertz CT molecular complexity index is 687. The van der Waals surface area contributed by atoms with Gasteiger partial charge in [-0.15, -0.1) is 0 Å². The molecule has 24 heavy (non-hydrogen) atoms. The quantitative estimate of drug-likeness (QED) is 0.857. The molecule has 0 N–H and O–H groups in total. The summed E-state index contributed by atoms with van der Waals surface area (Å²) in [7, 11) is 0. The number of hydrogen-bond donors (Lipinski definition) is 0. The summed E-state index contributed by atoms with van der Waals surface area (Å²) in [6, 6.07) is 0. The van der Waals surface area contributed by atoms with E-state index in [9.17, 15) is 4.79 Å². The van der Waals surface area contributed by atoms with Gasteiger partial charge in [-0.05, 0) is 12.8 Å². The molecule has 0 aliphatic carbocycles.